The third-order valence-electron chi connectivity index (χ3n) is 3.21. The molecular weight excluding hydrogens is 190 g/mol. The van der Waals surface area contributed by atoms with E-state index in [1.54, 1.807) is 6.92 Å². The van der Waals surface area contributed by atoms with Gasteiger partial charge in [-0.3, -0.25) is 0 Å². The van der Waals surface area contributed by atoms with E-state index in [1.165, 1.54) is 0 Å². The lowest BCUT2D eigenvalue weighted by Crippen LogP contribution is -2.31. The number of nitrogens with zero attached hydrogens (tertiary/aromatic N) is 1. The van der Waals surface area contributed by atoms with Crippen molar-refractivity contribution in [2.24, 2.45) is 0 Å². The summed E-state index contributed by atoms with van der Waals surface area (Å²) in [5.41, 5.74) is 1.69. The van der Waals surface area contributed by atoms with Crippen molar-refractivity contribution in [2.45, 2.75) is 46.1 Å². The van der Waals surface area contributed by atoms with Crippen molar-refractivity contribution in [3.8, 4) is 0 Å². The molecule has 3 nitrogen and oxygen atoms in total. The molecule has 1 fully saturated rings. The Morgan fingerprint density at radius 1 is 1.33 bits per heavy atom. The van der Waals surface area contributed by atoms with Gasteiger partial charge >= 0.3 is 5.97 Å². The van der Waals surface area contributed by atoms with Gasteiger partial charge in [0.15, 0.2) is 0 Å². The highest BCUT2D eigenvalue weighted by Crippen LogP contribution is 2.21. The molecule has 1 rings (SSSR count). The molecule has 0 radical (unpaired) electrons. The van der Waals surface area contributed by atoms with Crippen LogP contribution in [-0.4, -0.2) is 35.1 Å². The smallest absolute Gasteiger partial charge is 0.331 e. The maximum atomic E-state index is 10.9. The van der Waals surface area contributed by atoms with Crippen LogP contribution in [0.4, 0.5) is 0 Å². The first-order valence-electron chi connectivity index (χ1n) is 5.68. The zero-order valence-corrected chi connectivity index (χ0v) is 9.92. The van der Waals surface area contributed by atoms with Crippen molar-refractivity contribution in [3.63, 3.8) is 0 Å². The first-order valence-corrected chi connectivity index (χ1v) is 5.68. The van der Waals surface area contributed by atoms with Gasteiger partial charge in [-0.15, -0.1) is 0 Å². The van der Waals surface area contributed by atoms with Crippen LogP contribution >= 0.6 is 0 Å². The van der Waals surface area contributed by atoms with E-state index in [9.17, 15) is 4.79 Å². The molecule has 3 heteroatoms. The van der Waals surface area contributed by atoms with E-state index < -0.39 is 5.97 Å². The number of aliphatic carboxylic acids is 1. The topological polar surface area (TPSA) is 40.5 Å². The summed E-state index contributed by atoms with van der Waals surface area (Å²) >= 11 is 0. The molecule has 1 aliphatic rings. The maximum Gasteiger partial charge on any atom is 0.331 e. The van der Waals surface area contributed by atoms with E-state index in [-0.39, 0.29) is 0 Å². The Labute approximate surface area is 91.8 Å². The average molecular weight is 211 g/mol. The van der Waals surface area contributed by atoms with Gasteiger partial charge in [0.05, 0.1) is 0 Å². The second-order valence-corrected chi connectivity index (χ2v) is 4.52. The lowest BCUT2D eigenvalue weighted by Gasteiger charge is -2.23. The molecule has 0 aliphatic carbocycles. The summed E-state index contributed by atoms with van der Waals surface area (Å²) in [4.78, 5) is 13.3. The maximum absolute atomic E-state index is 10.9. The molecule has 1 N–H and O–H groups in total. The lowest BCUT2D eigenvalue weighted by molar-refractivity contribution is -0.132. The number of carboxylic acid groups (broad SMARTS) is 1. The fourth-order valence-electron chi connectivity index (χ4n) is 2.05. The van der Waals surface area contributed by atoms with E-state index in [1.807, 2.05) is 0 Å². The molecule has 0 bridgehead atoms. The van der Waals surface area contributed by atoms with Crippen LogP contribution in [0.2, 0.25) is 0 Å². The van der Waals surface area contributed by atoms with Crippen LogP contribution in [0.25, 0.3) is 0 Å². The lowest BCUT2D eigenvalue weighted by atomic mass is 10.0. The second-order valence-electron chi connectivity index (χ2n) is 4.52. The summed E-state index contributed by atoms with van der Waals surface area (Å²) in [6.45, 7) is 8.20. The summed E-state index contributed by atoms with van der Waals surface area (Å²) in [7, 11) is 0. The molecule has 0 spiro atoms. The third-order valence-corrected chi connectivity index (χ3v) is 3.21. The Morgan fingerprint density at radius 3 is 2.53 bits per heavy atom. The largest absolute Gasteiger partial charge is 0.478 e. The molecule has 0 unspecified atom stereocenters. The van der Waals surface area contributed by atoms with Crippen LogP contribution in [0.15, 0.2) is 11.1 Å². The number of carboxylic acids is 1. The van der Waals surface area contributed by atoms with Crippen molar-refractivity contribution in [1.29, 1.82) is 0 Å². The molecule has 0 saturated carbocycles. The van der Waals surface area contributed by atoms with Crippen molar-refractivity contribution >= 4 is 5.97 Å². The van der Waals surface area contributed by atoms with E-state index in [0.717, 1.165) is 37.9 Å². The van der Waals surface area contributed by atoms with Gasteiger partial charge in [-0.2, -0.15) is 0 Å². The van der Waals surface area contributed by atoms with Crippen molar-refractivity contribution < 1.29 is 9.90 Å². The van der Waals surface area contributed by atoms with Gasteiger partial charge in [0, 0.05) is 18.2 Å². The number of rotatable bonds is 2. The summed E-state index contributed by atoms with van der Waals surface area (Å²) in [6.07, 6.45) is 2.94. The highest BCUT2D eigenvalue weighted by Gasteiger charge is 2.17. The Kier molecular flexibility index (Phi) is 4.33. The zero-order valence-electron chi connectivity index (χ0n) is 9.92. The standard InChI is InChI=1S/C12H21NO2/c1-9(2)13-7-4-5-11(6-8-13)10(3)12(14)15/h9H,4-8H2,1-3H3,(H,14,15). The minimum absolute atomic E-state index is 0.556. The molecule has 0 amide bonds. The highest BCUT2D eigenvalue weighted by molar-refractivity contribution is 5.86. The van der Waals surface area contributed by atoms with Gasteiger partial charge in [0.1, 0.15) is 0 Å². The van der Waals surface area contributed by atoms with Crippen LogP contribution in [-0.2, 0) is 4.79 Å². The monoisotopic (exact) mass is 211 g/mol. The highest BCUT2D eigenvalue weighted by atomic mass is 16.4. The fourth-order valence-corrected chi connectivity index (χ4v) is 2.05. The number of likely N-dealkylation sites (tertiary alicyclic amines) is 1. The molecule has 1 aliphatic heterocycles. The predicted molar refractivity (Wildman–Crippen MR) is 60.9 cm³/mol. The Hall–Kier alpha value is -0.830. The fraction of sp³-hybridized carbons (Fsp3) is 0.750. The molecule has 0 aromatic rings. The van der Waals surface area contributed by atoms with Gasteiger partial charge in [-0.05, 0) is 46.6 Å². The first kappa shape index (κ1) is 12.2. The summed E-state index contributed by atoms with van der Waals surface area (Å²) in [5.74, 6) is -0.761. The van der Waals surface area contributed by atoms with Crippen LogP contribution in [0.1, 0.15) is 40.0 Å². The van der Waals surface area contributed by atoms with Crippen LogP contribution in [0.5, 0.6) is 0 Å². The average Bonchev–Trinajstić information content (AvgIpc) is 2.41. The Morgan fingerprint density at radius 2 is 2.00 bits per heavy atom. The number of carbonyl (C=O) groups is 1. The van der Waals surface area contributed by atoms with Gasteiger partial charge in [0.25, 0.3) is 0 Å². The number of hydrogen-bond donors (Lipinski definition) is 1. The van der Waals surface area contributed by atoms with Crippen LogP contribution < -0.4 is 0 Å². The quantitative estimate of drug-likeness (QED) is 0.712. The molecule has 86 valence electrons. The van der Waals surface area contributed by atoms with Crippen LogP contribution in [0.3, 0.4) is 0 Å². The van der Waals surface area contributed by atoms with E-state index >= 15 is 0 Å². The molecular formula is C12H21NO2. The summed E-state index contributed by atoms with van der Waals surface area (Å²) in [6, 6.07) is 0.564. The van der Waals surface area contributed by atoms with Crippen molar-refractivity contribution in [1.82, 2.24) is 4.90 Å². The summed E-state index contributed by atoms with van der Waals surface area (Å²) < 4.78 is 0. The molecule has 0 atom stereocenters. The Balaban J connectivity index is 2.68. The minimum atomic E-state index is -0.761. The molecule has 15 heavy (non-hydrogen) atoms. The molecule has 0 aromatic carbocycles. The third kappa shape index (κ3) is 3.34. The Bertz CT molecular complexity index is 269. The van der Waals surface area contributed by atoms with Crippen molar-refractivity contribution in [3.05, 3.63) is 11.1 Å². The van der Waals surface area contributed by atoms with Gasteiger partial charge in [-0.25, -0.2) is 4.79 Å². The second kappa shape index (κ2) is 5.31. The zero-order chi connectivity index (χ0) is 11.4. The SMILES string of the molecule is CC(C(=O)O)=C1CCCN(C(C)C)CC1. The molecule has 0 aromatic heterocycles. The molecule has 1 heterocycles. The first-order chi connectivity index (χ1) is 7.02. The van der Waals surface area contributed by atoms with Gasteiger partial charge in [-0.1, -0.05) is 5.57 Å². The van der Waals surface area contributed by atoms with E-state index in [2.05, 4.69) is 18.7 Å². The van der Waals surface area contributed by atoms with E-state index in [0.29, 0.717) is 11.6 Å². The molecule has 1 saturated heterocycles. The van der Waals surface area contributed by atoms with Gasteiger partial charge in [0.2, 0.25) is 0 Å². The summed E-state index contributed by atoms with van der Waals surface area (Å²) in [5, 5.41) is 8.93. The van der Waals surface area contributed by atoms with Crippen LogP contribution in [0, 0.1) is 0 Å². The minimum Gasteiger partial charge on any atom is -0.478 e. The van der Waals surface area contributed by atoms with E-state index in [4.69, 9.17) is 5.11 Å². The normalized spacial score (nSPS) is 22.7. The number of hydrogen-bond acceptors (Lipinski definition) is 2. The van der Waals surface area contributed by atoms with Crippen molar-refractivity contribution in [2.75, 3.05) is 13.1 Å². The predicted octanol–water partition coefficient (Wildman–Crippen LogP) is 2.28. The van der Waals surface area contributed by atoms with Gasteiger partial charge < -0.3 is 10.0 Å².